The lowest BCUT2D eigenvalue weighted by molar-refractivity contribution is 0.577. The summed E-state index contributed by atoms with van der Waals surface area (Å²) in [5.74, 6) is 9.92. The van der Waals surface area contributed by atoms with E-state index in [1.54, 1.807) is 0 Å². The Morgan fingerprint density at radius 1 is 0.562 bits per heavy atom. The van der Waals surface area contributed by atoms with Crippen LogP contribution in [0, 0.1) is 35.3 Å². The van der Waals surface area contributed by atoms with Crippen LogP contribution >= 0.6 is 0 Å². The number of aryl methyl sites for hydroxylation is 2. The first-order valence-electron chi connectivity index (χ1n) is 11.3. The van der Waals surface area contributed by atoms with Crippen molar-refractivity contribution in [3.63, 3.8) is 0 Å². The van der Waals surface area contributed by atoms with Crippen LogP contribution in [-0.2, 0) is 12.8 Å². The minimum Gasteiger partial charge on any atom is -0.205 e. The molecule has 0 radical (unpaired) electrons. The van der Waals surface area contributed by atoms with Crippen molar-refractivity contribution in [2.45, 2.75) is 52.4 Å². The predicted octanol–water partition coefficient (Wildman–Crippen LogP) is 7.45. The van der Waals surface area contributed by atoms with E-state index in [4.69, 9.17) is 0 Å². The zero-order valence-electron chi connectivity index (χ0n) is 18.8. The van der Waals surface area contributed by atoms with E-state index in [2.05, 4.69) is 49.7 Å². The molecule has 0 atom stereocenters. The van der Waals surface area contributed by atoms with Gasteiger partial charge in [-0.05, 0) is 66.8 Å². The summed E-state index contributed by atoms with van der Waals surface area (Å²) in [6.45, 7) is 4.31. The molecule has 0 amide bonds. The summed E-state index contributed by atoms with van der Waals surface area (Å²) >= 11 is 0. The van der Waals surface area contributed by atoms with Crippen molar-refractivity contribution in [1.82, 2.24) is 0 Å². The lowest BCUT2D eigenvalue weighted by Crippen LogP contribution is -1.93. The SMILES string of the molecule is CCCCCc1ccc(C#Cc2cc(F)c(C#Cc3ccc(CCC)cc3)c(F)c2)cc1. The molecular formula is C30H28F2. The molecule has 0 fully saturated rings. The Labute approximate surface area is 190 Å². The molecule has 0 spiro atoms. The fourth-order valence-electron chi connectivity index (χ4n) is 3.42. The van der Waals surface area contributed by atoms with Gasteiger partial charge in [-0.3, -0.25) is 0 Å². The summed E-state index contributed by atoms with van der Waals surface area (Å²) in [6.07, 6.45) is 6.74. The molecule has 3 aromatic rings. The van der Waals surface area contributed by atoms with E-state index in [0.29, 0.717) is 5.56 Å². The molecule has 2 heteroatoms. The van der Waals surface area contributed by atoms with E-state index in [9.17, 15) is 8.78 Å². The van der Waals surface area contributed by atoms with Crippen molar-refractivity contribution in [2.75, 3.05) is 0 Å². The maximum Gasteiger partial charge on any atom is 0.143 e. The van der Waals surface area contributed by atoms with Crippen LogP contribution in [0.4, 0.5) is 8.78 Å². The average Bonchev–Trinajstić information content (AvgIpc) is 2.79. The Morgan fingerprint density at radius 3 is 1.59 bits per heavy atom. The molecule has 0 aliphatic carbocycles. The summed E-state index contributed by atoms with van der Waals surface area (Å²) < 4.78 is 29.0. The number of benzene rings is 3. The number of unbranched alkanes of at least 4 members (excludes halogenated alkanes) is 2. The van der Waals surface area contributed by atoms with Crippen molar-refractivity contribution in [3.05, 3.63) is 106 Å². The van der Waals surface area contributed by atoms with E-state index in [-0.39, 0.29) is 5.56 Å². The summed E-state index contributed by atoms with van der Waals surface area (Å²) in [7, 11) is 0. The third-order valence-corrected chi connectivity index (χ3v) is 5.24. The largest absolute Gasteiger partial charge is 0.205 e. The molecule has 0 bridgehead atoms. The van der Waals surface area contributed by atoms with Gasteiger partial charge in [-0.2, -0.15) is 0 Å². The van der Waals surface area contributed by atoms with Crippen LogP contribution < -0.4 is 0 Å². The standard InChI is InChI=1S/C30H28F2/c1-3-5-6-8-24-11-15-25(16-12-24)17-18-27-21-29(31)28(30(32)22-27)20-19-26-13-9-23(7-4-2)10-14-26/h9-16,21-22H,3-8H2,1-2H3. The van der Waals surface area contributed by atoms with E-state index in [0.717, 1.165) is 30.4 Å². The van der Waals surface area contributed by atoms with Crippen molar-refractivity contribution in [3.8, 4) is 23.7 Å². The molecule has 3 rings (SSSR count). The van der Waals surface area contributed by atoms with Gasteiger partial charge in [0.15, 0.2) is 0 Å². The highest BCUT2D eigenvalue weighted by atomic mass is 19.1. The summed E-state index contributed by atoms with van der Waals surface area (Å²) in [6, 6.07) is 18.3. The number of halogens is 2. The molecule has 0 aliphatic heterocycles. The molecule has 0 aromatic heterocycles. The summed E-state index contributed by atoms with van der Waals surface area (Å²) in [5, 5.41) is 0. The average molecular weight is 427 g/mol. The van der Waals surface area contributed by atoms with Crippen LogP contribution in [0.25, 0.3) is 0 Å². The summed E-state index contributed by atoms with van der Waals surface area (Å²) in [4.78, 5) is 0. The van der Waals surface area contributed by atoms with Crippen LogP contribution in [0.5, 0.6) is 0 Å². The number of hydrogen-bond acceptors (Lipinski definition) is 0. The van der Waals surface area contributed by atoms with Crippen molar-refractivity contribution < 1.29 is 8.78 Å². The third-order valence-electron chi connectivity index (χ3n) is 5.24. The molecule has 0 nitrogen and oxygen atoms in total. The van der Waals surface area contributed by atoms with E-state index in [1.807, 2.05) is 36.4 Å². The second kappa shape index (κ2) is 11.9. The number of hydrogen-bond donors (Lipinski definition) is 0. The second-order valence-electron chi connectivity index (χ2n) is 7.92. The molecule has 0 saturated heterocycles. The smallest absolute Gasteiger partial charge is 0.143 e. The van der Waals surface area contributed by atoms with Crippen molar-refractivity contribution in [2.24, 2.45) is 0 Å². The molecule has 0 aliphatic rings. The van der Waals surface area contributed by atoms with E-state index >= 15 is 0 Å². The van der Waals surface area contributed by atoms with Crippen LogP contribution in [0.3, 0.4) is 0 Å². The van der Waals surface area contributed by atoms with Gasteiger partial charge in [0.25, 0.3) is 0 Å². The molecular weight excluding hydrogens is 398 g/mol. The van der Waals surface area contributed by atoms with Gasteiger partial charge in [0.05, 0.1) is 5.56 Å². The van der Waals surface area contributed by atoms with Crippen molar-refractivity contribution >= 4 is 0 Å². The Bertz CT molecular complexity index is 1120. The van der Waals surface area contributed by atoms with Gasteiger partial charge >= 0.3 is 0 Å². The maximum absolute atomic E-state index is 14.5. The fraction of sp³-hybridized carbons (Fsp3) is 0.267. The highest BCUT2D eigenvalue weighted by Gasteiger charge is 2.08. The topological polar surface area (TPSA) is 0 Å². The molecule has 0 saturated carbocycles. The third kappa shape index (κ3) is 6.83. The first kappa shape index (κ1) is 23.3. The van der Waals surface area contributed by atoms with Crippen LogP contribution in [0.2, 0.25) is 0 Å². The van der Waals surface area contributed by atoms with E-state index in [1.165, 1.54) is 42.5 Å². The van der Waals surface area contributed by atoms with Crippen LogP contribution in [0.1, 0.15) is 72.9 Å². The molecule has 32 heavy (non-hydrogen) atoms. The first-order chi connectivity index (χ1) is 15.6. The van der Waals surface area contributed by atoms with Crippen LogP contribution in [-0.4, -0.2) is 0 Å². The highest BCUT2D eigenvalue weighted by Crippen LogP contribution is 2.15. The molecule has 0 N–H and O–H groups in total. The fourth-order valence-corrected chi connectivity index (χ4v) is 3.42. The van der Waals surface area contributed by atoms with Gasteiger partial charge in [0.2, 0.25) is 0 Å². The Hall–Kier alpha value is -3.36. The van der Waals surface area contributed by atoms with E-state index < -0.39 is 11.6 Å². The van der Waals surface area contributed by atoms with Crippen LogP contribution in [0.15, 0.2) is 60.7 Å². The highest BCUT2D eigenvalue weighted by molar-refractivity contribution is 5.49. The predicted molar refractivity (Wildman–Crippen MR) is 128 cm³/mol. The second-order valence-corrected chi connectivity index (χ2v) is 7.92. The zero-order chi connectivity index (χ0) is 22.8. The number of rotatable bonds is 6. The molecule has 0 unspecified atom stereocenters. The minimum atomic E-state index is -0.698. The quantitative estimate of drug-likeness (QED) is 0.284. The van der Waals surface area contributed by atoms with Gasteiger partial charge in [0.1, 0.15) is 11.6 Å². The lowest BCUT2D eigenvalue weighted by Gasteiger charge is -2.01. The Kier molecular flexibility index (Phi) is 8.65. The van der Waals surface area contributed by atoms with Gasteiger partial charge < -0.3 is 0 Å². The summed E-state index contributed by atoms with van der Waals surface area (Å²) in [5.41, 5.74) is 4.12. The van der Waals surface area contributed by atoms with Crippen molar-refractivity contribution in [1.29, 1.82) is 0 Å². The molecule has 3 aromatic carbocycles. The maximum atomic E-state index is 14.5. The lowest BCUT2D eigenvalue weighted by atomic mass is 10.0. The first-order valence-corrected chi connectivity index (χ1v) is 11.3. The zero-order valence-corrected chi connectivity index (χ0v) is 18.8. The van der Waals surface area contributed by atoms with Gasteiger partial charge in [-0.15, -0.1) is 0 Å². The minimum absolute atomic E-state index is 0.232. The Balaban J connectivity index is 1.71. The van der Waals surface area contributed by atoms with Gasteiger partial charge in [-0.1, -0.05) is 81.1 Å². The Morgan fingerprint density at radius 2 is 1.06 bits per heavy atom. The monoisotopic (exact) mass is 426 g/mol. The molecule has 0 heterocycles. The normalized spacial score (nSPS) is 10.1. The van der Waals surface area contributed by atoms with Gasteiger partial charge in [-0.25, -0.2) is 8.78 Å². The van der Waals surface area contributed by atoms with Gasteiger partial charge in [0, 0.05) is 16.7 Å². The molecule has 162 valence electrons.